The maximum absolute atomic E-state index is 12.6. The Morgan fingerprint density at radius 2 is 1.13 bits per heavy atom. The van der Waals surface area contributed by atoms with E-state index in [0.717, 1.165) is 6.42 Å². The Hall–Kier alpha value is -1.67. The fraction of sp³-hybridized carbons (Fsp3) is 0.944. The predicted octanol–water partition coefficient (Wildman–Crippen LogP) is -2.50. The molecule has 0 spiro atoms. The number of ether oxygens (including phenoxy) is 8. The van der Waals surface area contributed by atoms with Gasteiger partial charge in [0.05, 0.1) is 44.2 Å². The number of aliphatic hydroxyl groups is 14. The molecular formula is C54H88O24. The van der Waals surface area contributed by atoms with Crippen LogP contribution in [-0.4, -0.2) is 244 Å². The molecule has 0 radical (unpaired) electrons. The quantitative estimate of drug-likeness (QED) is 0.0709. The smallest absolute Gasteiger partial charge is 0.335 e. The number of rotatable bonds is 12. The Kier molecular flexibility index (Phi) is 17.0. The first-order valence-electron chi connectivity index (χ1n) is 27.9. The Labute approximate surface area is 453 Å². The third kappa shape index (κ3) is 9.48. The molecule has 4 saturated carbocycles. The van der Waals surface area contributed by atoms with Gasteiger partial charge in [-0.3, -0.25) is 0 Å². The zero-order chi connectivity index (χ0) is 57.3. The van der Waals surface area contributed by atoms with Crippen LogP contribution in [0.3, 0.4) is 0 Å². The average molecular weight is 1120 g/mol. The Balaban J connectivity index is 0.985. The van der Waals surface area contributed by atoms with Crippen molar-refractivity contribution in [2.45, 2.75) is 248 Å². The lowest BCUT2D eigenvalue weighted by molar-refractivity contribution is -0.396. The molecule has 24 nitrogen and oxygen atoms in total. The highest BCUT2D eigenvalue weighted by molar-refractivity contribution is 5.73. The number of aliphatic carboxylic acids is 1. The van der Waals surface area contributed by atoms with Crippen molar-refractivity contribution in [1.29, 1.82) is 0 Å². The first-order valence-corrected chi connectivity index (χ1v) is 27.9. The molecule has 0 aromatic carbocycles. The SMILES string of the molecule is C[C@@H]1O[C@@H](O[C@H]2[C@H](O[C@H]3[C@H](O[C@H]4CC[C@@]5(C)[C@@H](CC[C@]6(C)[C@@H]5CC=C5[C@@H]7CC(C)(C)[C@@H](O)[C@@H](O[C@@H]8O[C@H](CO)[C@@H](O)[C@H](O)[C@H]8O)[C@]7(C)CC[C@]56C)[C@@]4(C)CO)O[C@H](C(=O)O)[C@@H](O)[C@@H]3O)O[C@H](CO)[C@H](O)[C@@H]2O)[C@H](O)[C@H](O)[C@H]1O. The van der Waals surface area contributed by atoms with E-state index in [-0.39, 0.29) is 35.2 Å². The molecule has 9 rings (SSSR count). The number of allylic oxidation sites excluding steroid dienone is 2. The van der Waals surface area contributed by atoms with Crippen LogP contribution in [0.25, 0.3) is 0 Å². The largest absolute Gasteiger partial charge is 0.479 e. The van der Waals surface area contributed by atoms with E-state index in [4.69, 9.17) is 37.9 Å². The summed E-state index contributed by atoms with van der Waals surface area (Å²) < 4.78 is 48.7. The number of hydrogen-bond acceptors (Lipinski definition) is 23. The molecule has 0 bridgehead atoms. The summed E-state index contributed by atoms with van der Waals surface area (Å²) in [5, 5.41) is 163. The first-order chi connectivity index (χ1) is 36.4. The second kappa shape index (κ2) is 21.8. The van der Waals surface area contributed by atoms with Crippen molar-refractivity contribution in [3.63, 3.8) is 0 Å². The lowest BCUT2D eigenvalue weighted by Crippen LogP contribution is -2.69. The highest BCUT2D eigenvalue weighted by atomic mass is 16.8. The molecule has 0 amide bonds. The number of carboxylic acid groups (broad SMARTS) is 1. The zero-order valence-corrected chi connectivity index (χ0v) is 45.7. The van der Waals surface area contributed by atoms with Crippen molar-refractivity contribution in [2.75, 3.05) is 19.8 Å². The van der Waals surface area contributed by atoms with Crippen LogP contribution in [0.1, 0.15) is 107 Å². The topological polar surface area (TPSA) is 394 Å². The van der Waals surface area contributed by atoms with Crippen LogP contribution in [0.5, 0.6) is 0 Å². The van der Waals surface area contributed by atoms with Crippen molar-refractivity contribution in [2.24, 2.45) is 50.2 Å². The molecule has 4 heterocycles. The van der Waals surface area contributed by atoms with Gasteiger partial charge in [-0.2, -0.15) is 0 Å². The van der Waals surface area contributed by atoms with Crippen molar-refractivity contribution >= 4 is 5.97 Å². The third-order valence-corrected chi connectivity index (χ3v) is 21.8. The van der Waals surface area contributed by atoms with Gasteiger partial charge in [0.15, 0.2) is 31.3 Å². The van der Waals surface area contributed by atoms with Crippen LogP contribution in [0.4, 0.5) is 0 Å². The molecule has 0 aromatic rings. The van der Waals surface area contributed by atoms with Gasteiger partial charge in [0, 0.05) is 10.8 Å². The normalized spacial score (nSPS) is 56.1. The van der Waals surface area contributed by atoms with Gasteiger partial charge >= 0.3 is 5.97 Å². The minimum atomic E-state index is -2.12. The monoisotopic (exact) mass is 1120 g/mol. The molecule has 4 aliphatic heterocycles. The van der Waals surface area contributed by atoms with Gasteiger partial charge in [-0.1, -0.05) is 60.1 Å². The van der Waals surface area contributed by atoms with E-state index in [0.29, 0.717) is 44.9 Å². The Bertz CT molecular complexity index is 2170. The highest BCUT2D eigenvalue weighted by Crippen LogP contribution is 2.76. The average Bonchev–Trinajstić information content (AvgIpc) is 1.88. The summed E-state index contributed by atoms with van der Waals surface area (Å²) >= 11 is 0. The summed E-state index contributed by atoms with van der Waals surface area (Å²) in [6, 6.07) is 0. The van der Waals surface area contributed by atoms with Gasteiger partial charge in [-0.05, 0) is 97.7 Å². The van der Waals surface area contributed by atoms with E-state index in [1.165, 1.54) is 12.5 Å². The van der Waals surface area contributed by atoms with Gasteiger partial charge in [-0.25, -0.2) is 4.79 Å². The molecule has 4 saturated heterocycles. The fourth-order valence-electron chi connectivity index (χ4n) is 16.6. The minimum absolute atomic E-state index is 0.0769. The number of carbonyl (C=O) groups is 1. The van der Waals surface area contributed by atoms with Crippen LogP contribution in [0.2, 0.25) is 0 Å². The van der Waals surface area contributed by atoms with Crippen LogP contribution < -0.4 is 0 Å². The standard InChI is InChI=1S/C54H88O24/c1-21-29(58)32(61)37(66)45(71-21)76-40-34(63)31(60)25(19-56)73-47(40)77-41-36(65)35(64)39(44(69)70)75-48(41)74-28-12-13-51(5)26(52(28,6)20-57)11-14-54(8)27(51)10-9-22-23-17-49(2,3)42(68)43(50(23,4)15-16-53(22,54)7)78-46-38(67)33(62)30(59)24(18-55)72-46/h9,21,23-43,45-48,55-68H,10-20H2,1-8H3,(H,69,70)/t21-,23-,24+,25+,26+,27+,28-,29-,30+,31-,32+,33-,34-,35-,36-,37+,38+,39-,40+,41+,42-,43+,45-,46-,47-,48+,50+,51-,52+,53+,54+/m0/s1. The number of fused-ring (bicyclic) bond motifs is 7. The summed E-state index contributed by atoms with van der Waals surface area (Å²) in [6.07, 6.45) is -30.0. The molecule has 0 aromatic heterocycles. The third-order valence-electron chi connectivity index (χ3n) is 21.8. The van der Waals surface area contributed by atoms with Crippen molar-refractivity contribution in [3.05, 3.63) is 11.6 Å². The molecule has 24 heteroatoms. The number of aliphatic hydroxyl groups excluding tert-OH is 14. The second-order valence-corrected chi connectivity index (χ2v) is 26.4. The Morgan fingerprint density at radius 1 is 0.577 bits per heavy atom. The zero-order valence-electron chi connectivity index (χ0n) is 45.7. The fourth-order valence-corrected chi connectivity index (χ4v) is 16.6. The lowest BCUT2D eigenvalue weighted by Gasteiger charge is -2.72. The summed E-state index contributed by atoms with van der Waals surface area (Å²) in [4.78, 5) is 12.6. The second-order valence-electron chi connectivity index (χ2n) is 26.4. The predicted molar refractivity (Wildman–Crippen MR) is 265 cm³/mol. The summed E-state index contributed by atoms with van der Waals surface area (Å²) in [5.41, 5.74) is -2.18. The van der Waals surface area contributed by atoms with Crippen molar-refractivity contribution in [1.82, 2.24) is 0 Å². The number of carboxylic acids is 1. The van der Waals surface area contributed by atoms with Crippen LogP contribution in [0.15, 0.2) is 11.6 Å². The van der Waals surface area contributed by atoms with Crippen molar-refractivity contribution < 1.29 is 119 Å². The van der Waals surface area contributed by atoms with E-state index in [1.54, 1.807) is 0 Å². The van der Waals surface area contributed by atoms with E-state index < -0.39 is 182 Å². The summed E-state index contributed by atoms with van der Waals surface area (Å²) in [5.74, 6) is -1.85. The molecule has 0 unspecified atom stereocenters. The maximum Gasteiger partial charge on any atom is 0.335 e. The van der Waals surface area contributed by atoms with Gasteiger partial charge in [0.1, 0.15) is 85.5 Å². The van der Waals surface area contributed by atoms with Gasteiger partial charge in [0.2, 0.25) is 0 Å². The first kappa shape index (κ1) is 60.9. The van der Waals surface area contributed by atoms with E-state index >= 15 is 0 Å². The van der Waals surface area contributed by atoms with Crippen LogP contribution >= 0.6 is 0 Å². The highest BCUT2D eigenvalue weighted by Gasteiger charge is 2.71. The summed E-state index contributed by atoms with van der Waals surface area (Å²) in [7, 11) is 0. The number of hydrogen-bond donors (Lipinski definition) is 15. The molecule has 9 aliphatic rings. The molecule has 448 valence electrons. The molecule has 15 N–H and O–H groups in total. The molecule has 5 aliphatic carbocycles. The molecule has 31 atom stereocenters. The maximum atomic E-state index is 12.6. The van der Waals surface area contributed by atoms with Gasteiger partial charge < -0.3 is 114 Å². The summed E-state index contributed by atoms with van der Waals surface area (Å²) in [6.45, 7) is 14.5. The Morgan fingerprint density at radius 3 is 1.73 bits per heavy atom. The molecular weight excluding hydrogens is 1030 g/mol. The van der Waals surface area contributed by atoms with Gasteiger partial charge in [0.25, 0.3) is 0 Å². The van der Waals surface area contributed by atoms with Crippen molar-refractivity contribution in [3.8, 4) is 0 Å². The lowest BCUT2D eigenvalue weighted by atomic mass is 9.33. The van der Waals surface area contributed by atoms with E-state index in [2.05, 4.69) is 33.8 Å². The van der Waals surface area contributed by atoms with E-state index in [9.17, 15) is 81.4 Å². The van der Waals surface area contributed by atoms with E-state index in [1.807, 2.05) is 20.8 Å². The van der Waals surface area contributed by atoms with Gasteiger partial charge in [-0.15, -0.1) is 0 Å². The van der Waals surface area contributed by atoms with Crippen LogP contribution in [0, 0.1) is 50.2 Å². The van der Waals surface area contributed by atoms with Crippen LogP contribution in [-0.2, 0) is 42.7 Å². The molecule has 78 heavy (non-hydrogen) atoms. The molecule has 8 fully saturated rings. The minimum Gasteiger partial charge on any atom is -0.479 e.